The molecule has 0 aliphatic rings. The molecule has 0 saturated carbocycles. The van der Waals surface area contributed by atoms with Crippen LogP contribution in [0.2, 0.25) is 0 Å². The molecule has 0 aliphatic carbocycles. The highest BCUT2D eigenvalue weighted by atomic mass is 32.2. The summed E-state index contributed by atoms with van der Waals surface area (Å²) >= 11 is -1.17. The molecule has 3 N–H and O–H groups in total. The van der Waals surface area contributed by atoms with Gasteiger partial charge in [0.15, 0.2) is 16.2 Å². The molecule has 18 heavy (non-hydrogen) atoms. The molecule has 94 valence electrons. The minimum absolute atomic E-state index is 0.0683. The predicted octanol–water partition coefficient (Wildman–Crippen LogP) is 1.68. The lowest BCUT2D eigenvalue weighted by Crippen LogP contribution is -2.11. The van der Waals surface area contributed by atoms with Crippen molar-refractivity contribution in [2.75, 3.05) is 5.32 Å². The standard InChI is InChI=1S/C10H8N2O4S2/c13-7-3-1-6(2-4-7)9(14)12-10-11-5-8(17-10)18(15)16/h1-5,13H,(H,15,16)(H,11,12,14). The van der Waals surface area contributed by atoms with Gasteiger partial charge in [0.25, 0.3) is 5.91 Å². The van der Waals surface area contributed by atoms with Gasteiger partial charge >= 0.3 is 0 Å². The van der Waals surface area contributed by atoms with E-state index in [0.717, 1.165) is 11.3 Å². The van der Waals surface area contributed by atoms with Gasteiger partial charge in [0, 0.05) is 5.56 Å². The summed E-state index contributed by atoms with van der Waals surface area (Å²) < 4.78 is 19.7. The van der Waals surface area contributed by atoms with Crippen molar-refractivity contribution in [3.63, 3.8) is 0 Å². The number of benzene rings is 1. The third-order valence-corrected chi connectivity index (χ3v) is 3.84. The van der Waals surface area contributed by atoms with Crippen molar-refractivity contribution in [3.05, 3.63) is 36.0 Å². The number of thiazole rings is 1. The second-order valence-corrected chi connectivity index (χ2v) is 5.46. The number of carbonyl (C=O) groups excluding carboxylic acids is 1. The Bertz CT molecular complexity index is 594. The van der Waals surface area contributed by atoms with Gasteiger partial charge in [0.05, 0.1) is 6.20 Å². The van der Waals surface area contributed by atoms with Crippen LogP contribution in [0, 0.1) is 0 Å². The molecule has 0 fully saturated rings. The van der Waals surface area contributed by atoms with E-state index in [9.17, 15) is 9.00 Å². The summed E-state index contributed by atoms with van der Waals surface area (Å²) in [6.45, 7) is 0. The van der Waals surface area contributed by atoms with Crippen LogP contribution in [0.25, 0.3) is 0 Å². The van der Waals surface area contributed by atoms with Crippen LogP contribution in [0.15, 0.2) is 34.7 Å². The topological polar surface area (TPSA) is 99.5 Å². The maximum Gasteiger partial charge on any atom is 0.257 e. The van der Waals surface area contributed by atoms with Gasteiger partial charge in [-0.25, -0.2) is 9.19 Å². The quantitative estimate of drug-likeness (QED) is 0.745. The fourth-order valence-electron chi connectivity index (χ4n) is 1.18. The monoisotopic (exact) mass is 284 g/mol. The number of phenolic OH excluding ortho intramolecular Hbond substituents is 1. The lowest BCUT2D eigenvalue weighted by atomic mass is 10.2. The van der Waals surface area contributed by atoms with E-state index < -0.39 is 17.0 Å². The smallest absolute Gasteiger partial charge is 0.257 e. The van der Waals surface area contributed by atoms with E-state index in [1.54, 1.807) is 0 Å². The molecular weight excluding hydrogens is 276 g/mol. The first kappa shape index (κ1) is 12.7. The van der Waals surface area contributed by atoms with Crippen molar-refractivity contribution in [2.45, 2.75) is 4.21 Å². The van der Waals surface area contributed by atoms with Gasteiger partial charge in [-0.15, -0.1) is 0 Å². The number of phenols is 1. The first-order chi connectivity index (χ1) is 8.56. The molecule has 0 aliphatic heterocycles. The lowest BCUT2D eigenvalue weighted by molar-refractivity contribution is 0.102. The molecule has 2 aromatic rings. The third-order valence-electron chi connectivity index (χ3n) is 2.01. The van der Waals surface area contributed by atoms with Crippen molar-refractivity contribution >= 4 is 33.5 Å². The Balaban J connectivity index is 2.11. The number of nitrogens with one attached hydrogen (secondary N) is 1. The highest BCUT2D eigenvalue weighted by Crippen LogP contribution is 2.21. The van der Waals surface area contributed by atoms with Crippen LogP contribution in [0.1, 0.15) is 10.4 Å². The highest BCUT2D eigenvalue weighted by molar-refractivity contribution is 7.81. The molecule has 1 aromatic heterocycles. The maximum atomic E-state index is 11.7. The zero-order valence-corrected chi connectivity index (χ0v) is 10.5. The van der Waals surface area contributed by atoms with Gasteiger partial charge in [-0.1, -0.05) is 11.3 Å². The molecular formula is C10H8N2O4S2. The average Bonchev–Trinajstić information content (AvgIpc) is 2.78. The van der Waals surface area contributed by atoms with Gasteiger partial charge in [0.1, 0.15) is 9.96 Å². The van der Waals surface area contributed by atoms with E-state index in [1.807, 2.05) is 0 Å². The van der Waals surface area contributed by atoms with Crippen LogP contribution in [-0.2, 0) is 11.1 Å². The van der Waals surface area contributed by atoms with E-state index in [4.69, 9.17) is 9.66 Å². The van der Waals surface area contributed by atoms with Crippen LogP contribution in [0.4, 0.5) is 5.13 Å². The number of hydrogen-bond acceptors (Lipinski definition) is 5. The Morgan fingerprint density at radius 3 is 2.56 bits per heavy atom. The summed E-state index contributed by atoms with van der Waals surface area (Å²) in [6.07, 6.45) is 1.23. The molecule has 1 aromatic carbocycles. The van der Waals surface area contributed by atoms with Gasteiger partial charge in [-0.05, 0) is 24.3 Å². The van der Waals surface area contributed by atoms with Crippen molar-refractivity contribution < 1.29 is 18.7 Å². The zero-order valence-electron chi connectivity index (χ0n) is 8.86. The van der Waals surface area contributed by atoms with E-state index in [2.05, 4.69) is 10.3 Å². The van der Waals surface area contributed by atoms with Crippen molar-refractivity contribution in [3.8, 4) is 5.75 Å². The van der Waals surface area contributed by atoms with Crippen molar-refractivity contribution in [1.29, 1.82) is 0 Å². The number of carbonyl (C=O) groups is 1. The van der Waals surface area contributed by atoms with Crippen LogP contribution in [0.5, 0.6) is 5.75 Å². The van der Waals surface area contributed by atoms with E-state index in [1.165, 1.54) is 30.5 Å². The largest absolute Gasteiger partial charge is 0.508 e. The molecule has 1 atom stereocenters. The number of aromatic nitrogens is 1. The summed E-state index contributed by atoms with van der Waals surface area (Å²) in [5.74, 6) is -0.335. The first-order valence-electron chi connectivity index (χ1n) is 4.73. The molecule has 2 rings (SSSR count). The average molecular weight is 284 g/mol. The van der Waals surface area contributed by atoms with E-state index in [0.29, 0.717) is 5.56 Å². The van der Waals surface area contributed by atoms with Gasteiger partial charge in [-0.3, -0.25) is 10.1 Å². The molecule has 1 amide bonds. The van der Waals surface area contributed by atoms with E-state index >= 15 is 0 Å². The Morgan fingerprint density at radius 2 is 2.00 bits per heavy atom. The summed E-state index contributed by atoms with van der Waals surface area (Å²) in [5.41, 5.74) is 0.356. The van der Waals surface area contributed by atoms with Crippen LogP contribution < -0.4 is 5.32 Å². The Morgan fingerprint density at radius 1 is 1.33 bits per heavy atom. The minimum atomic E-state index is -2.10. The van der Waals surface area contributed by atoms with Gasteiger partial charge in [-0.2, -0.15) is 0 Å². The van der Waals surface area contributed by atoms with Crippen molar-refractivity contribution in [1.82, 2.24) is 4.98 Å². The summed E-state index contributed by atoms with van der Waals surface area (Å²) in [7, 11) is 0. The maximum absolute atomic E-state index is 11.7. The van der Waals surface area contributed by atoms with Crippen LogP contribution >= 0.6 is 11.3 Å². The molecule has 0 saturated heterocycles. The normalized spacial score (nSPS) is 12.1. The number of anilines is 1. The van der Waals surface area contributed by atoms with Gasteiger partial charge < -0.3 is 9.66 Å². The lowest BCUT2D eigenvalue weighted by Gasteiger charge is -2.01. The molecule has 0 bridgehead atoms. The zero-order chi connectivity index (χ0) is 13.1. The summed E-state index contributed by atoms with van der Waals surface area (Å²) in [6, 6.07) is 5.71. The molecule has 6 nitrogen and oxygen atoms in total. The van der Waals surface area contributed by atoms with Crippen molar-refractivity contribution in [2.24, 2.45) is 0 Å². The van der Waals surface area contributed by atoms with Gasteiger partial charge in [0.2, 0.25) is 0 Å². The molecule has 8 heteroatoms. The molecule has 0 radical (unpaired) electrons. The number of rotatable bonds is 3. The SMILES string of the molecule is O=C(Nc1ncc(S(=O)O)s1)c1ccc(O)cc1. The summed E-state index contributed by atoms with van der Waals surface area (Å²) in [4.78, 5) is 15.5. The molecule has 1 heterocycles. The van der Waals surface area contributed by atoms with Crippen LogP contribution in [-0.4, -0.2) is 24.8 Å². The minimum Gasteiger partial charge on any atom is -0.508 e. The third kappa shape index (κ3) is 2.92. The number of nitrogens with zero attached hydrogens (tertiary/aromatic N) is 1. The van der Waals surface area contributed by atoms with Crippen LogP contribution in [0.3, 0.4) is 0 Å². The number of aromatic hydroxyl groups is 1. The molecule has 0 spiro atoms. The Hall–Kier alpha value is -1.77. The number of hydrogen-bond donors (Lipinski definition) is 3. The number of amides is 1. The molecule has 1 unspecified atom stereocenters. The fraction of sp³-hybridized carbons (Fsp3) is 0. The first-order valence-corrected chi connectivity index (χ1v) is 6.65. The Kier molecular flexibility index (Phi) is 3.70. The van der Waals surface area contributed by atoms with E-state index in [-0.39, 0.29) is 15.1 Å². The second kappa shape index (κ2) is 5.25. The Labute approximate surface area is 109 Å². The highest BCUT2D eigenvalue weighted by Gasteiger charge is 2.11. The second-order valence-electron chi connectivity index (χ2n) is 3.23. The fourth-order valence-corrected chi connectivity index (χ4v) is 2.39. The summed E-state index contributed by atoms with van der Waals surface area (Å²) in [5, 5.41) is 11.8. The predicted molar refractivity (Wildman–Crippen MR) is 67.2 cm³/mol.